The lowest BCUT2D eigenvalue weighted by atomic mass is 10.0. The predicted molar refractivity (Wildman–Crippen MR) is 95.7 cm³/mol. The summed E-state index contributed by atoms with van der Waals surface area (Å²) in [7, 11) is 2.07. The van der Waals surface area contributed by atoms with Crippen molar-refractivity contribution in [1.82, 2.24) is 18.8 Å². The number of aryl methyl sites for hydroxylation is 1. The minimum Gasteiger partial charge on any atom is -0.329 e. The zero-order valence-electron chi connectivity index (χ0n) is 12.9. The topological polar surface area (TPSA) is 34.0 Å². The van der Waals surface area contributed by atoms with Crippen LogP contribution in [0.3, 0.4) is 0 Å². The molecule has 0 spiro atoms. The Morgan fingerprint density at radius 3 is 2.57 bits per heavy atom. The lowest BCUT2D eigenvalue weighted by molar-refractivity contribution is 0.494. The summed E-state index contributed by atoms with van der Waals surface area (Å²) in [5.74, 6) is 1.64. The van der Waals surface area contributed by atoms with Gasteiger partial charge < -0.3 is 4.57 Å². The van der Waals surface area contributed by atoms with Crippen molar-refractivity contribution in [2.24, 2.45) is 18.9 Å². The first-order valence-corrected chi connectivity index (χ1v) is 9.89. The van der Waals surface area contributed by atoms with Crippen molar-refractivity contribution in [2.75, 3.05) is 13.1 Å². The number of rotatable bonds is 4. The standard InChI is InChI=1S/C16H19ClN4S2/c1-20-5-4-18-16(20)22-14-6-11-9-21(10-12(11)7-14)23-13-2-3-15(17)19-8-13/h2-5,8,11-12,14H,6-7,9-10H2,1H3/t11-,12?,14?/m1/s1. The molecule has 2 aliphatic rings. The highest BCUT2D eigenvalue weighted by Gasteiger charge is 2.41. The number of aromatic nitrogens is 3. The Hall–Kier alpha value is -0.690. The van der Waals surface area contributed by atoms with E-state index in [9.17, 15) is 0 Å². The van der Waals surface area contributed by atoms with Crippen LogP contribution in [0.2, 0.25) is 5.15 Å². The molecule has 0 N–H and O–H groups in total. The van der Waals surface area contributed by atoms with E-state index in [2.05, 4.69) is 25.9 Å². The number of thioether (sulfide) groups is 1. The van der Waals surface area contributed by atoms with Gasteiger partial charge in [-0.25, -0.2) is 14.3 Å². The molecule has 1 aliphatic carbocycles. The van der Waals surface area contributed by atoms with E-state index >= 15 is 0 Å². The molecule has 7 heteroatoms. The van der Waals surface area contributed by atoms with Crippen molar-refractivity contribution >= 4 is 35.3 Å². The molecule has 4 rings (SSSR count). The Morgan fingerprint density at radius 1 is 1.17 bits per heavy atom. The molecule has 1 saturated heterocycles. The molecule has 1 aliphatic heterocycles. The summed E-state index contributed by atoms with van der Waals surface area (Å²) in [4.78, 5) is 9.78. The third kappa shape index (κ3) is 3.55. The molecule has 122 valence electrons. The van der Waals surface area contributed by atoms with Crippen LogP contribution in [0.4, 0.5) is 0 Å². The van der Waals surface area contributed by atoms with Gasteiger partial charge in [-0.05, 0) is 48.8 Å². The molecule has 0 bridgehead atoms. The highest BCUT2D eigenvalue weighted by molar-refractivity contribution is 7.99. The maximum atomic E-state index is 5.85. The van der Waals surface area contributed by atoms with Crippen LogP contribution in [-0.4, -0.2) is 37.2 Å². The maximum Gasteiger partial charge on any atom is 0.167 e. The average Bonchev–Trinajstić information content (AvgIpc) is 3.18. The molecule has 2 aromatic rings. The Balaban J connectivity index is 1.31. The van der Waals surface area contributed by atoms with Gasteiger partial charge in [-0.1, -0.05) is 23.4 Å². The number of pyridine rings is 1. The highest BCUT2D eigenvalue weighted by atomic mass is 35.5. The average molecular weight is 367 g/mol. The molecule has 0 aromatic carbocycles. The second-order valence-electron chi connectivity index (χ2n) is 6.31. The number of fused-ring (bicyclic) bond motifs is 1. The van der Waals surface area contributed by atoms with Gasteiger partial charge in [0.15, 0.2) is 5.16 Å². The van der Waals surface area contributed by atoms with Crippen LogP contribution in [0.5, 0.6) is 0 Å². The number of halogens is 1. The van der Waals surface area contributed by atoms with Crippen molar-refractivity contribution in [1.29, 1.82) is 0 Å². The zero-order valence-corrected chi connectivity index (χ0v) is 15.3. The van der Waals surface area contributed by atoms with E-state index < -0.39 is 0 Å². The van der Waals surface area contributed by atoms with Gasteiger partial charge in [0, 0.05) is 48.9 Å². The first-order chi connectivity index (χ1) is 11.2. The van der Waals surface area contributed by atoms with Gasteiger partial charge in [0.1, 0.15) is 5.15 Å². The van der Waals surface area contributed by atoms with E-state index in [4.69, 9.17) is 11.6 Å². The van der Waals surface area contributed by atoms with Gasteiger partial charge in [-0.3, -0.25) is 0 Å². The lowest BCUT2D eigenvalue weighted by Gasteiger charge is -2.17. The Morgan fingerprint density at radius 2 is 1.96 bits per heavy atom. The normalized spacial score (nSPS) is 27.5. The van der Waals surface area contributed by atoms with Gasteiger partial charge in [0.25, 0.3) is 0 Å². The van der Waals surface area contributed by atoms with E-state index in [1.165, 1.54) is 30.8 Å². The first kappa shape index (κ1) is 15.8. The van der Waals surface area contributed by atoms with Crippen molar-refractivity contribution in [3.63, 3.8) is 0 Å². The third-order valence-electron chi connectivity index (χ3n) is 4.66. The van der Waals surface area contributed by atoms with Crippen molar-refractivity contribution in [2.45, 2.75) is 28.1 Å². The molecule has 3 heterocycles. The summed E-state index contributed by atoms with van der Waals surface area (Å²) < 4.78 is 4.61. The summed E-state index contributed by atoms with van der Waals surface area (Å²) in [6, 6.07) is 3.91. The summed E-state index contributed by atoms with van der Waals surface area (Å²) in [6.07, 6.45) is 8.38. The van der Waals surface area contributed by atoms with Crippen LogP contribution in [0.1, 0.15) is 12.8 Å². The molecular formula is C16H19ClN4S2. The lowest BCUT2D eigenvalue weighted by Crippen LogP contribution is -2.15. The fourth-order valence-electron chi connectivity index (χ4n) is 3.55. The van der Waals surface area contributed by atoms with Gasteiger partial charge in [0.2, 0.25) is 0 Å². The number of hydrogen-bond donors (Lipinski definition) is 0. The fraction of sp³-hybridized carbons (Fsp3) is 0.500. The zero-order chi connectivity index (χ0) is 15.8. The molecule has 2 fully saturated rings. The third-order valence-corrected chi connectivity index (χ3v) is 7.21. The molecule has 3 atom stereocenters. The summed E-state index contributed by atoms with van der Waals surface area (Å²) in [6.45, 7) is 2.35. The molecule has 4 nitrogen and oxygen atoms in total. The van der Waals surface area contributed by atoms with Gasteiger partial charge in [-0.15, -0.1) is 0 Å². The monoisotopic (exact) mass is 366 g/mol. The van der Waals surface area contributed by atoms with Gasteiger partial charge in [-0.2, -0.15) is 0 Å². The van der Waals surface area contributed by atoms with E-state index in [0.29, 0.717) is 5.15 Å². The van der Waals surface area contributed by atoms with E-state index in [1.54, 1.807) is 0 Å². The highest BCUT2D eigenvalue weighted by Crippen LogP contribution is 2.46. The quantitative estimate of drug-likeness (QED) is 0.604. The molecular weight excluding hydrogens is 348 g/mol. The minimum absolute atomic E-state index is 0.557. The molecule has 1 saturated carbocycles. The molecule has 0 radical (unpaired) electrons. The number of nitrogens with zero attached hydrogens (tertiary/aromatic N) is 4. The van der Waals surface area contributed by atoms with Crippen LogP contribution in [0.15, 0.2) is 40.8 Å². The van der Waals surface area contributed by atoms with E-state index in [-0.39, 0.29) is 0 Å². The van der Waals surface area contributed by atoms with Crippen molar-refractivity contribution in [3.8, 4) is 0 Å². The molecule has 23 heavy (non-hydrogen) atoms. The Kier molecular flexibility index (Phi) is 4.58. The molecule has 0 amide bonds. The van der Waals surface area contributed by atoms with Crippen LogP contribution in [0, 0.1) is 11.8 Å². The number of hydrogen-bond acceptors (Lipinski definition) is 5. The van der Waals surface area contributed by atoms with Gasteiger partial charge in [0.05, 0.1) is 0 Å². The minimum atomic E-state index is 0.557. The number of imidazole rings is 1. The van der Waals surface area contributed by atoms with Crippen LogP contribution in [-0.2, 0) is 7.05 Å². The summed E-state index contributed by atoms with van der Waals surface area (Å²) >= 11 is 9.61. The van der Waals surface area contributed by atoms with Gasteiger partial charge >= 0.3 is 0 Å². The molecule has 2 unspecified atom stereocenters. The van der Waals surface area contributed by atoms with Crippen LogP contribution >= 0.6 is 35.3 Å². The predicted octanol–water partition coefficient (Wildman–Crippen LogP) is 3.98. The van der Waals surface area contributed by atoms with E-state index in [1.807, 2.05) is 54.4 Å². The van der Waals surface area contributed by atoms with E-state index in [0.717, 1.165) is 22.2 Å². The Labute approximate surface area is 150 Å². The fourth-order valence-corrected chi connectivity index (χ4v) is 6.06. The van der Waals surface area contributed by atoms with Crippen LogP contribution in [0.25, 0.3) is 0 Å². The smallest absolute Gasteiger partial charge is 0.167 e. The maximum absolute atomic E-state index is 5.85. The summed E-state index contributed by atoms with van der Waals surface area (Å²) in [5.41, 5.74) is 0. The summed E-state index contributed by atoms with van der Waals surface area (Å²) in [5, 5.41) is 2.42. The SMILES string of the molecule is Cn1ccnc1SC1CC2CN(Sc3ccc(Cl)nc3)C[C@H]2C1. The largest absolute Gasteiger partial charge is 0.329 e. The van der Waals surface area contributed by atoms with Crippen LogP contribution < -0.4 is 0 Å². The second kappa shape index (κ2) is 6.67. The second-order valence-corrected chi connectivity index (χ2v) is 9.13. The van der Waals surface area contributed by atoms with Crippen molar-refractivity contribution < 1.29 is 0 Å². The Bertz CT molecular complexity index is 661. The molecule has 2 aromatic heterocycles. The first-order valence-electron chi connectivity index (χ1n) is 7.86. The van der Waals surface area contributed by atoms with Crippen molar-refractivity contribution in [3.05, 3.63) is 35.9 Å².